The molecule has 1 N–H and O–H groups in total. The Labute approximate surface area is 147 Å². The minimum absolute atomic E-state index is 0.134. The third kappa shape index (κ3) is 3.32. The zero-order valence-corrected chi connectivity index (χ0v) is 14.3. The molecule has 124 valence electrons. The fourth-order valence-corrected chi connectivity index (χ4v) is 3.10. The molecule has 3 aromatic rings. The molecule has 1 atom stereocenters. The van der Waals surface area contributed by atoms with Crippen molar-refractivity contribution in [3.05, 3.63) is 68.6 Å². The van der Waals surface area contributed by atoms with E-state index in [-0.39, 0.29) is 18.5 Å². The van der Waals surface area contributed by atoms with Gasteiger partial charge in [0.05, 0.1) is 11.6 Å². The number of para-hydroxylation sites is 2. The average Bonchev–Trinajstić information content (AvgIpc) is 2.83. The van der Waals surface area contributed by atoms with Gasteiger partial charge in [-0.15, -0.1) is 0 Å². The van der Waals surface area contributed by atoms with E-state index in [4.69, 9.17) is 27.6 Å². The first kappa shape index (κ1) is 16.6. The summed E-state index contributed by atoms with van der Waals surface area (Å²) >= 11 is 12.0. The summed E-state index contributed by atoms with van der Waals surface area (Å²) in [6.45, 7) is 1.68. The molecule has 0 fully saturated rings. The lowest BCUT2D eigenvalue weighted by atomic mass is 10.1. The summed E-state index contributed by atoms with van der Waals surface area (Å²) in [5.74, 6) is -0.884. The van der Waals surface area contributed by atoms with Crippen LogP contribution in [0.15, 0.2) is 51.7 Å². The van der Waals surface area contributed by atoms with E-state index in [1.54, 1.807) is 42.5 Å². The van der Waals surface area contributed by atoms with Crippen molar-refractivity contribution in [3.63, 3.8) is 0 Å². The first-order chi connectivity index (χ1) is 11.5. The van der Waals surface area contributed by atoms with Crippen LogP contribution in [0, 0.1) is 0 Å². The number of hydrogen-bond donors (Lipinski definition) is 1. The summed E-state index contributed by atoms with van der Waals surface area (Å²) in [5, 5.41) is 3.82. The predicted octanol–water partition coefficient (Wildman–Crippen LogP) is 3.78. The number of carbonyl (C=O) groups excluding carboxylic acids is 1. The van der Waals surface area contributed by atoms with Gasteiger partial charge in [-0.25, -0.2) is 4.79 Å². The van der Waals surface area contributed by atoms with Crippen molar-refractivity contribution in [2.24, 2.45) is 0 Å². The molecule has 0 aliphatic heterocycles. The Morgan fingerprint density at radius 1 is 1.25 bits per heavy atom. The number of carbonyl (C=O) groups is 1. The predicted molar refractivity (Wildman–Crippen MR) is 93.5 cm³/mol. The second-order valence-corrected chi connectivity index (χ2v) is 6.22. The van der Waals surface area contributed by atoms with Gasteiger partial charge in [0.15, 0.2) is 5.58 Å². The highest BCUT2D eigenvalue weighted by molar-refractivity contribution is 6.35. The quantitative estimate of drug-likeness (QED) is 0.765. The van der Waals surface area contributed by atoms with Gasteiger partial charge in [-0.2, -0.15) is 0 Å². The van der Waals surface area contributed by atoms with Crippen LogP contribution in [0.2, 0.25) is 10.0 Å². The van der Waals surface area contributed by atoms with Crippen LogP contribution in [0.3, 0.4) is 0 Å². The largest absolute Gasteiger partial charge is 0.420 e. The first-order valence-corrected chi connectivity index (χ1v) is 8.04. The molecule has 7 heteroatoms. The van der Waals surface area contributed by atoms with E-state index in [2.05, 4.69) is 5.32 Å². The van der Waals surface area contributed by atoms with E-state index >= 15 is 0 Å². The molecular weight excluding hydrogens is 351 g/mol. The Morgan fingerprint density at radius 3 is 2.75 bits per heavy atom. The molecule has 0 saturated carbocycles. The molecule has 0 saturated heterocycles. The summed E-state index contributed by atoms with van der Waals surface area (Å²) in [4.78, 5) is 24.2. The molecule has 0 aliphatic rings. The van der Waals surface area contributed by atoms with Gasteiger partial charge in [-0.05, 0) is 36.8 Å². The van der Waals surface area contributed by atoms with Crippen LogP contribution in [-0.2, 0) is 11.3 Å². The first-order valence-electron chi connectivity index (χ1n) is 7.28. The lowest BCUT2D eigenvalue weighted by Crippen LogP contribution is -2.32. The van der Waals surface area contributed by atoms with Crippen LogP contribution in [0.1, 0.15) is 18.5 Å². The third-order valence-electron chi connectivity index (χ3n) is 3.68. The van der Waals surface area contributed by atoms with Crippen molar-refractivity contribution < 1.29 is 9.21 Å². The number of rotatable bonds is 4. The van der Waals surface area contributed by atoms with E-state index in [1.807, 2.05) is 6.92 Å². The minimum Gasteiger partial charge on any atom is -0.408 e. The van der Waals surface area contributed by atoms with Crippen molar-refractivity contribution in [1.29, 1.82) is 0 Å². The zero-order valence-electron chi connectivity index (χ0n) is 12.8. The van der Waals surface area contributed by atoms with Gasteiger partial charge >= 0.3 is 5.76 Å². The maximum atomic E-state index is 12.3. The topological polar surface area (TPSA) is 64.2 Å². The number of hydrogen-bond acceptors (Lipinski definition) is 3. The summed E-state index contributed by atoms with van der Waals surface area (Å²) in [7, 11) is 0. The van der Waals surface area contributed by atoms with Gasteiger partial charge in [-0.3, -0.25) is 9.36 Å². The van der Waals surface area contributed by atoms with E-state index in [1.165, 1.54) is 4.57 Å². The zero-order chi connectivity index (χ0) is 17.3. The van der Waals surface area contributed by atoms with Crippen molar-refractivity contribution in [2.45, 2.75) is 19.5 Å². The van der Waals surface area contributed by atoms with E-state index in [0.717, 1.165) is 5.56 Å². The van der Waals surface area contributed by atoms with Crippen LogP contribution < -0.4 is 11.1 Å². The normalized spacial score (nSPS) is 12.3. The molecule has 0 aliphatic carbocycles. The smallest absolute Gasteiger partial charge is 0.408 e. The van der Waals surface area contributed by atoms with Crippen LogP contribution >= 0.6 is 23.2 Å². The number of nitrogens with zero attached hydrogens (tertiary/aromatic N) is 1. The summed E-state index contributed by atoms with van der Waals surface area (Å²) in [6.07, 6.45) is 0. The maximum Gasteiger partial charge on any atom is 0.420 e. The Kier molecular flexibility index (Phi) is 4.64. The number of nitrogens with one attached hydrogen (secondary N) is 1. The monoisotopic (exact) mass is 364 g/mol. The van der Waals surface area contributed by atoms with Crippen molar-refractivity contribution in [2.75, 3.05) is 0 Å². The molecule has 1 aromatic heterocycles. The Hall–Kier alpha value is -2.24. The van der Waals surface area contributed by atoms with Gasteiger partial charge in [-0.1, -0.05) is 41.4 Å². The highest BCUT2D eigenvalue weighted by Gasteiger charge is 2.16. The van der Waals surface area contributed by atoms with E-state index in [9.17, 15) is 9.59 Å². The molecular formula is C17H14Cl2N2O3. The lowest BCUT2D eigenvalue weighted by molar-refractivity contribution is -0.122. The molecule has 3 rings (SSSR count). The number of fused-ring (bicyclic) bond motifs is 1. The lowest BCUT2D eigenvalue weighted by Gasteiger charge is -2.16. The van der Waals surface area contributed by atoms with Gasteiger partial charge in [0.2, 0.25) is 5.91 Å². The van der Waals surface area contributed by atoms with Gasteiger partial charge in [0.1, 0.15) is 6.54 Å². The van der Waals surface area contributed by atoms with E-state index < -0.39 is 5.76 Å². The number of amides is 1. The summed E-state index contributed by atoms with van der Waals surface area (Å²) < 4.78 is 6.41. The molecule has 1 heterocycles. The number of halogens is 2. The molecule has 0 bridgehead atoms. The van der Waals surface area contributed by atoms with Crippen LogP contribution in [0.5, 0.6) is 0 Å². The SMILES string of the molecule is CC(NC(=O)Cn1c(=O)oc2ccccc21)c1ccc(Cl)cc1Cl. The number of aromatic nitrogens is 1. The molecule has 0 spiro atoms. The molecule has 0 radical (unpaired) electrons. The van der Waals surface area contributed by atoms with Crippen molar-refractivity contribution in [3.8, 4) is 0 Å². The fraction of sp³-hybridized carbons (Fsp3) is 0.176. The van der Waals surface area contributed by atoms with Gasteiger partial charge in [0, 0.05) is 10.0 Å². The molecule has 24 heavy (non-hydrogen) atoms. The van der Waals surface area contributed by atoms with Crippen molar-refractivity contribution in [1.82, 2.24) is 9.88 Å². The van der Waals surface area contributed by atoms with Crippen molar-refractivity contribution >= 4 is 40.2 Å². The molecule has 1 amide bonds. The van der Waals surface area contributed by atoms with Crippen LogP contribution in [0.4, 0.5) is 0 Å². The summed E-state index contributed by atoms with van der Waals surface area (Å²) in [5.41, 5.74) is 1.78. The Morgan fingerprint density at radius 2 is 2.00 bits per heavy atom. The second kappa shape index (κ2) is 6.71. The Bertz CT molecular complexity index is 962. The van der Waals surface area contributed by atoms with Gasteiger partial charge in [0.25, 0.3) is 0 Å². The Balaban J connectivity index is 1.77. The highest BCUT2D eigenvalue weighted by atomic mass is 35.5. The third-order valence-corrected chi connectivity index (χ3v) is 4.24. The number of benzene rings is 2. The molecule has 5 nitrogen and oxygen atoms in total. The fourth-order valence-electron chi connectivity index (χ4n) is 2.52. The van der Waals surface area contributed by atoms with Crippen LogP contribution in [-0.4, -0.2) is 10.5 Å². The van der Waals surface area contributed by atoms with Gasteiger partial charge < -0.3 is 9.73 Å². The summed E-state index contributed by atoms with van der Waals surface area (Å²) in [6, 6.07) is 11.7. The molecule has 1 unspecified atom stereocenters. The second-order valence-electron chi connectivity index (χ2n) is 5.38. The maximum absolute atomic E-state index is 12.3. The minimum atomic E-state index is -0.566. The number of oxazole rings is 1. The standard InChI is InChI=1S/C17H14Cl2N2O3/c1-10(12-7-6-11(18)8-13(12)19)20-16(22)9-21-14-4-2-3-5-15(14)24-17(21)23/h2-8,10H,9H2,1H3,(H,20,22). The van der Waals surface area contributed by atoms with E-state index in [0.29, 0.717) is 21.1 Å². The van der Waals surface area contributed by atoms with Crippen LogP contribution in [0.25, 0.3) is 11.1 Å². The average molecular weight is 365 g/mol. The molecule has 2 aromatic carbocycles. The highest BCUT2D eigenvalue weighted by Crippen LogP contribution is 2.26.